The Labute approximate surface area is 92.7 Å². The first-order valence-corrected chi connectivity index (χ1v) is 4.94. The third kappa shape index (κ3) is 3.38. The molecule has 16 heavy (non-hydrogen) atoms. The fourth-order valence-corrected chi connectivity index (χ4v) is 1.64. The quantitative estimate of drug-likeness (QED) is 0.608. The first-order valence-electron chi connectivity index (χ1n) is 4.94. The predicted molar refractivity (Wildman–Crippen MR) is 55.3 cm³/mol. The highest BCUT2D eigenvalue weighted by atomic mass is 16.4. The molecule has 6 nitrogen and oxygen atoms in total. The van der Waals surface area contributed by atoms with Crippen LogP contribution in [0.15, 0.2) is 12.2 Å². The number of amides is 2. The van der Waals surface area contributed by atoms with Crippen molar-refractivity contribution in [1.82, 2.24) is 4.90 Å². The molecule has 0 spiro atoms. The third-order valence-corrected chi connectivity index (χ3v) is 2.34. The van der Waals surface area contributed by atoms with Crippen LogP contribution in [0.3, 0.4) is 0 Å². The molecule has 0 fully saturated rings. The standard InChI is InChI=1S/C10H14N2O4/c11-8(13)5-12(6-9(14)15)10(16)7-3-1-2-4-7/h1-2,7H,3-6H2,(H2,11,13)(H,14,15). The predicted octanol–water partition coefficient (Wildman–Crippen LogP) is -0.649. The Kier molecular flexibility index (Phi) is 4.04. The molecular weight excluding hydrogens is 212 g/mol. The average Bonchev–Trinajstić information content (AvgIpc) is 2.66. The van der Waals surface area contributed by atoms with Crippen molar-refractivity contribution in [3.05, 3.63) is 12.2 Å². The molecule has 0 radical (unpaired) electrons. The molecule has 88 valence electrons. The van der Waals surface area contributed by atoms with E-state index in [2.05, 4.69) is 0 Å². The summed E-state index contributed by atoms with van der Waals surface area (Å²) in [5.41, 5.74) is 4.96. The molecule has 0 aromatic heterocycles. The highest BCUT2D eigenvalue weighted by Crippen LogP contribution is 2.20. The molecule has 3 N–H and O–H groups in total. The van der Waals surface area contributed by atoms with Gasteiger partial charge in [0.15, 0.2) is 0 Å². The topological polar surface area (TPSA) is 101 Å². The van der Waals surface area contributed by atoms with E-state index < -0.39 is 18.4 Å². The zero-order chi connectivity index (χ0) is 12.1. The van der Waals surface area contributed by atoms with E-state index in [1.807, 2.05) is 12.2 Å². The Morgan fingerprint density at radius 2 is 1.81 bits per heavy atom. The minimum Gasteiger partial charge on any atom is -0.480 e. The highest BCUT2D eigenvalue weighted by molar-refractivity contribution is 5.88. The summed E-state index contributed by atoms with van der Waals surface area (Å²) < 4.78 is 0. The van der Waals surface area contributed by atoms with Gasteiger partial charge in [-0.05, 0) is 12.8 Å². The maximum absolute atomic E-state index is 11.8. The highest BCUT2D eigenvalue weighted by Gasteiger charge is 2.26. The third-order valence-electron chi connectivity index (χ3n) is 2.34. The van der Waals surface area contributed by atoms with Gasteiger partial charge in [0.25, 0.3) is 0 Å². The molecule has 6 heteroatoms. The Bertz CT molecular complexity index is 314. The maximum atomic E-state index is 11.8. The number of nitrogens with two attached hydrogens (primary N) is 1. The number of carboxylic acid groups (broad SMARTS) is 1. The van der Waals surface area contributed by atoms with Crippen LogP contribution in [-0.2, 0) is 14.4 Å². The van der Waals surface area contributed by atoms with E-state index in [4.69, 9.17) is 10.8 Å². The molecule has 0 bridgehead atoms. The van der Waals surface area contributed by atoms with E-state index in [1.54, 1.807) is 0 Å². The fraction of sp³-hybridized carbons (Fsp3) is 0.500. The summed E-state index contributed by atoms with van der Waals surface area (Å²) in [4.78, 5) is 34.1. The van der Waals surface area contributed by atoms with Gasteiger partial charge < -0.3 is 15.7 Å². The normalized spacial score (nSPS) is 15.0. The Morgan fingerprint density at radius 1 is 1.25 bits per heavy atom. The molecule has 0 saturated heterocycles. The van der Waals surface area contributed by atoms with Crippen LogP contribution in [0.4, 0.5) is 0 Å². The molecular formula is C10H14N2O4. The lowest BCUT2D eigenvalue weighted by Crippen LogP contribution is -2.43. The van der Waals surface area contributed by atoms with Crippen LogP contribution < -0.4 is 5.73 Å². The first kappa shape index (κ1) is 12.2. The first-order chi connectivity index (χ1) is 7.50. The van der Waals surface area contributed by atoms with Gasteiger partial charge in [0.05, 0.1) is 6.54 Å². The fourth-order valence-electron chi connectivity index (χ4n) is 1.64. The summed E-state index contributed by atoms with van der Waals surface area (Å²) >= 11 is 0. The summed E-state index contributed by atoms with van der Waals surface area (Å²) in [6.45, 7) is -0.833. The number of hydrogen-bond acceptors (Lipinski definition) is 3. The van der Waals surface area contributed by atoms with Gasteiger partial charge in [-0.1, -0.05) is 12.2 Å². The lowest BCUT2D eigenvalue weighted by molar-refractivity contribution is -0.147. The van der Waals surface area contributed by atoms with Gasteiger partial charge in [-0.2, -0.15) is 0 Å². The van der Waals surface area contributed by atoms with Crippen molar-refractivity contribution < 1.29 is 19.5 Å². The summed E-state index contributed by atoms with van der Waals surface area (Å²) in [7, 11) is 0. The van der Waals surface area contributed by atoms with Gasteiger partial charge in [0, 0.05) is 5.92 Å². The average molecular weight is 226 g/mol. The van der Waals surface area contributed by atoms with Crippen molar-refractivity contribution >= 4 is 17.8 Å². The number of allylic oxidation sites excluding steroid dienone is 2. The van der Waals surface area contributed by atoms with Crippen molar-refractivity contribution in [2.45, 2.75) is 12.8 Å². The zero-order valence-electron chi connectivity index (χ0n) is 8.76. The van der Waals surface area contributed by atoms with E-state index in [-0.39, 0.29) is 18.4 Å². The van der Waals surface area contributed by atoms with Gasteiger partial charge in [-0.25, -0.2) is 0 Å². The Hall–Kier alpha value is -1.85. The molecule has 0 atom stereocenters. The lowest BCUT2D eigenvalue weighted by atomic mass is 10.1. The summed E-state index contributed by atoms with van der Waals surface area (Å²) in [5, 5.41) is 8.63. The second-order valence-electron chi connectivity index (χ2n) is 3.69. The van der Waals surface area contributed by atoms with Crippen molar-refractivity contribution in [2.75, 3.05) is 13.1 Å². The summed E-state index contributed by atoms with van der Waals surface area (Å²) in [6.07, 6.45) is 4.92. The van der Waals surface area contributed by atoms with Crippen LogP contribution in [0, 0.1) is 5.92 Å². The van der Waals surface area contributed by atoms with Gasteiger partial charge in [0.2, 0.25) is 11.8 Å². The number of hydrogen-bond donors (Lipinski definition) is 2. The van der Waals surface area contributed by atoms with Gasteiger partial charge in [0.1, 0.15) is 6.54 Å². The molecule has 0 aliphatic heterocycles. The summed E-state index contributed by atoms with van der Waals surface area (Å²) in [5.74, 6) is -2.44. The molecule has 1 aliphatic rings. The van der Waals surface area contributed by atoms with Crippen molar-refractivity contribution in [3.63, 3.8) is 0 Å². The van der Waals surface area contributed by atoms with Crippen molar-refractivity contribution in [3.8, 4) is 0 Å². The van der Waals surface area contributed by atoms with Crippen molar-refractivity contribution in [1.29, 1.82) is 0 Å². The van der Waals surface area contributed by atoms with E-state index in [0.717, 1.165) is 4.90 Å². The molecule has 2 amide bonds. The SMILES string of the molecule is NC(=O)CN(CC(=O)O)C(=O)C1CC=CC1. The molecule has 0 saturated carbocycles. The van der Waals surface area contributed by atoms with E-state index in [1.165, 1.54) is 0 Å². The molecule has 0 aromatic rings. The van der Waals surface area contributed by atoms with E-state index in [9.17, 15) is 14.4 Å². The van der Waals surface area contributed by atoms with E-state index >= 15 is 0 Å². The van der Waals surface area contributed by atoms with Crippen LogP contribution >= 0.6 is 0 Å². The van der Waals surface area contributed by atoms with Crippen LogP contribution in [0.5, 0.6) is 0 Å². The van der Waals surface area contributed by atoms with Gasteiger partial charge in [-0.15, -0.1) is 0 Å². The molecule has 1 aliphatic carbocycles. The molecule has 0 heterocycles. The monoisotopic (exact) mass is 226 g/mol. The minimum atomic E-state index is -1.15. The second kappa shape index (κ2) is 5.29. The maximum Gasteiger partial charge on any atom is 0.323 e. The Balaban J connectivity index is 2.62. The number of primary amides is 1. The van der Waals surface area contributed by atoms with E-state index in [0.29, 0.717) is 12.8 Å². The molecule has 1 rings (SSSR count). The zero-order valence-corrected chi connectivity index (χ0v) is 8.76. The number of carbonyl (C=O) groups is 3. The number of carboxylic acids is 1. The minimum absolute atomic E-state index is 0.251. The van der Waals surface area contributed by atoms with Crippen LogP contribution in [-0.4, -0.2) is 40.9 Å². The smallest absolute Gasteiger partial charge is 0.323 e. The lowest BCUT2D eigenvalue weighted by Gasteiger charge is -2.22. The van der Waals surface area contributed by atoms with Crippen LogP contribution in [0.2, 0.25) is 0 Å². The molecule has 0 unspecified atom stereocenters. The number of nitrogens with zero attached hydrogens (tertiary/aromatic N) is 1. The Morgan fingerprint density at radius 3 is 2.25 bits per heavy atom. The largest absolute Gasteiger partial charge is 0.480 e. The summed E-state index contributed by atoms with van der Waals surface area (Å²) in [6, 6.07) is 0. The molecule has 0 aromatic carbocycles. The number of rotatable bonds is 5. The van der Waals surface area contributed by atoms with Gasteiger partial charge >= 0.3 is 5.97 Å². The number of carbonyl (C=O) groups excluding carboxylic acids is 2. The second-order valence-corrected chi connectivity index (χ2v) is 3.69. The number of aliphatic carboxylic acids is 1. The van der Waals surface area contributed by atoms with Crippen LogP contribution in [0.25, 0.3) is 0 Å². The van der Waals surface area contributed by atoms with Gasteiger partial charge in [-0.3, -0.25) is 14.4 Å². The van der Waals surface area contributed by atoms with Crippen LogP contribution in [0.1, 0.15) is 12.8 Å². The van der Waals surface area contributed by atoms with Crippen molar-refractivity contribution in [2.24, 2.45) is 11.7 Å².